The lowest BCUT2D eigenvalue weighted by atomic mass is 10.0. The van der Waals surface area contributed by atoms with Crippen LogP contribution >= 0.6 is 0 Å². The summed E-state index contributed by atoms with van der Waals surface area (Å²) in [6.07, 6.45) is -2.29. The van der Waals surface area contributed by atoms with Gasteiger partial charge in [0.25, 0.3) is 0 Å². The van der Waals surface area contributed by atoms with Crippen LogP contribution in [0, 0.1) is 0 Å². The van der Waals surface area contributed by atoms with Gasteiger partial charge in [-0.15, -0.1) is 0 Å². The first-order valence-electron chi connectivity index (χ1n) is 4.22. The van der Waals surface area contributed by atoms with E-state index in [1.807, 2.05) is 0 Å². The van der Waals surface area contributed by atoms with Crippen LogP contribution in [0.3, 0.4) is 0 Å². The number of hydrogen-bond donors (Lipinski definition) is 2. The summed E-state index contributed by atoms with van der Waals surface area (Å²) in [4.78, 5) is 0. The third-order valence-electron chi connectivity index (χ3n) is 2.12. The molecule has 0 radical (unpaired) electrons. The summed E-state index contributed by atoms with van der Waals surface area (Å²) >= 11 is 0. The minimum absolute atomic E-state index is 0.179. The minimum Gasteiger partial charge on any atom is -0.390 e. The normalized spacial score (nSPS) is 40.6. The van der Waals surface area contributed by atoms with Crippen molar-refractivity contribution in [2.75, 3.05) is 20.8 Å². The summed E-state index contributed by atoms with van der Waals surface area (Å²) in [7, 11) is 3.03. The Bertz CT molecular complexity index is 151. The van der Waals surface area contributed by atoms with Gasteiger partial charge in [-0.05, 0) is 0 Å². The van der Waals surface area contributed by atoms with Crippen molar-refractivity contribution in [1.82, 2.24) is 0 Å². The minimum atomic E-state index is -0.929. The zero-order chi connectivity index (χ0) is 9.84. The van der Waals surface area contributed by atoms with Crippen LogP contribution in [0.2, 0.25) is 0 Å². The van der Waals surface area contributed by atoms with Crippen LogP contribution in [0.25, 0.3) is 0 Å². The largest absolute Gasteiger partial charge is 0.390 e. The molecule has 0 spiro atoms. The Labute approximate surface area is 77.2 Å². The standard InChI is InChI=1S/C8H16O5/c1-11-4-6-8(12-2)5(9)3-7(10)13-6/h5-10H,3-4H2,1-2H3/t5-,6-,7?,8-/m1/s1. The summed E-state index contributed by atoms with van der Waals surface area (Å²) in [5, 5.41) is 18.7. The van der Waals surface area contributed by atoms with Gasteiger partial charge in [-0.3, -0.25) is 0 Å². The molecule has 1 saturated heterocycles. The highest BCUT2D eigenvalue weighted by molar-refractivity contribution is 4.83. The second kappa shape index (κ2) is 4.88. The molecule has 1 aliphatic rings. The summed E-state index contributed by atoms with van der Waals surface area (Å²) < 4.78 is 15.1. The highest BCUT2D eigenvalue weighted by Gasteiger charge is 2.37. The van der Waals surface area contributed by atoms with Crippen molar-refractivity contribution in [3.05, 3.63) is 0 Å². The maximum Gasteiger partial charge on any atom is 0.157 e. The average Bonchev–Trinajstić information content (AvgIpc) is 2.04. The Morgan fingerprint density at radius 1 is 1.38 bits per heavy atom. The molecule has 1 heterocycles. The molecule has 0 aliphatic carbocycles. The predicted octanol–water partition coefficient (Wildman–Crippen LogP) is -0.884. The van der Waals surface area contributed by atoms with E-state index in [1.165, 1.54) is 14.2 Å². The molecule has 1 aliphatic heterocycles. The number of hydrogen-bond acceptors (Lipinski definition) is 5. The van der Waals surface area contributed by atoms with Gasteiger partial charge >= 0.3 is 0 Å². The Hall–Kier alpha value is -0.200. The molecule has 1 fully saturated rings. The topological polar surface area (TPSA) is 68.2 Å². The van der Waals surface area contributed by atoms with E-state index in [0.29, 0.717) is 6.61 Å². The van der Waals surface area contributed by atoms with E-state index in [0.717, 1.165) is 0 Å². The monoisotopic (exact) mass is 192 g/mol. The molecule has 2 N–H and O–H groups in total. The van der Waals surface area contributed by atoms with Gasteiger partial charge in [0.1, 0.15) is 12.2 Å². The number of aliphatic hydroxyl groups excluding tert-OH is 2. The van der Waals surface area contributed by atoms with Crippen molar-refractivity contribution in [2.45, 2.75) is 31.0 Å². The number of aliphatic hydroxyl groups is 2. The number of rotatable bonds is 3. The van der Waals surface area contributed by atoms with Crippen molar-refractivity contribution in [3.63, 3.8) is 0 Å². The summed E-state index contributed by atoms with van der Waals surface area (Å²) in [5.41, 5.74) is 0. The van der Waals surface area contributed by atoms with Gasteiger partial charge in [0, 0.05) is 20.6 Å². The highest BCUT2D eigenvalue weighted by atomic mass is 16.6. The van der Waals surface area contributed by atoms with E-state index in [1.54, 1.807) is 0 Å². The van der Waals surface area contributed by atoms with Crippen LogP contribution in [-0.4, -0.2) is 55.6 Å². The third kappa shape index (κ3) is 2.62. The quantitative estimate of drug-likeness (QED) is 0.607. The molecule has 4 atom stereocenters. The number of methoxy groups -OCH3 is 2. The van der Waals surface area contributed by atoms with Crippen LogP contribution in [0.5, 0.6) is 0 Å². The zero-order valence-corrected chi connectivity index (χ0v) is 7.84. The van der Waals surface area contributed by atoms with Gasteiger partial charge in [-0.25, -0.2) is 0 Å². The van der Waals surface area contributed by atoms with Crippen LogP contribution < -0.4 is 0 Å². The summed E-state index contributed by atoms with van der Waals surface area (Å²) in [5.74, 6) is 0. The van der Waals surface area contributed by atoms with E-state index in [2.05, 4.69) is 0 Å². The van der Waals surface area contributed by atoms with Gasteiger partial charge in [0.15, 0.2) is 6.29 Å². The van der Waals surface area contributed by atoms with Crippen LogP contribution in [0.15, 0.2) is 0 Å². The number of ether oxygens (including phenoxy) is 3. The Kier molecular flexibility index (Phi) is 4.08. The average molecular weight is 192 g/mol. The van der Waals surface area contributed by atoms with Crippen LogP contribution in [0.1, 0.15) is 6.42 Å². The summed E-state index contributed by atoms with van der Waals surface area (Å²) in [6, 6.07) is 0. The first kappa shape index (κ1) is 10.9. The van der Waals surface area contributed by atoms with Crippen LogP contribution in [0.4, 0.5) is 0 Å². The second-order valence-electron chi connectivity index (χ2n) is 3.09. The third-order valence-corrected chi connectivity index (χ3v) is 2.12. The van der Waals surface area contributed by atoms with Crippen LogP contribution in [-0.2, 0) is 14.2 Å². The molecule has 1 unspecified atom stereocenters. The van der Waals surface area contributed by atoms with Gasteiger partial charge < -0.3 is 24.4 Å². The summed E-state index contributed by atoms with van der Waals surface area (Å²) in [6.45, 7) is 0.298. The van der Waals surface area contributed by atoms with E-state index < -0.39 is 24.6 Å². The van der Waals surface area contributed by atoms with Crippen molar-refractivity contribution in [1.29, 1.82) is 0 Å². The first-order chi connectivity index (χ1) is 6.19. The van der Waals surface area contributed by atoms with Gasteiger partial charge in [-0.2, -0.15) is 0 Å². The lowest BCUT2D eigenvalue weighted by molar-refractivity contribution is -0.246. The Morgan fingerprint density at radius 3 is 2.62 bits per heavy atom. The lowest BCUT2D eigenvalue weighted by Crippen LogP contribution is -2.51. The zero-order valence-electron chi connectivity index (χ0n) is 7.84. The SMILES string of the molecule is COC[C@H]1OC(O)C[C@@H](O)[C@H]1OC. The molecule has 0 saturated carbocycles. The van der Waals surface area contributed by atoms with Crippen molar-refractivity contribution in [2.24, 2.45) is 0 Å². The van der Waals surface area contributed by atoms with Crippen molar-refractivity contribution >= 4 is 0 Å². The first-order valence-corrected chi connectivity index (χ1v) is 4.22. The lowest BCUT2D eigenvalue weighted by Gasteiger charge is -2.36. The smallest absolute Gasteiger partial charge is 0.157 e. The molecule has 78 valence electrons. The molecule has 0 aromatic carbocycles. The molecule has 0 bridgehead atoms. The van der Waals surface area contributed by atoms with E-state index >= 15 is 0 Å². The second-order valence-corrected chi connectivity index (χ2v) is 3.09. The van der Waals surface area contributed by atoms with E-state index in [-0.39, 0.29) is 6.42 Å². The Balaban J connectivity index is 2.54. The highest BCUT2D eigenvalue weighted by Crippen LogP contribution is 2.21. The molecule has 1 rings (SSSR count). The fourth-order valence-electron chi connectivity index (χ4n) is 1.53. The van der Waals surface area contributed by atoms with Gasteiger partial charge in [0.2, 0.25) is 0 Å². The molecule has 0 amide bonds. The molecule has 5 heteroatoms. The van der Waals surface area contributed by atoms with Gasteiger partial charge in [-0.1, -0.05) is 0 Å². The maximum atomic E-state index is 9.52. The molecule has 5 nitrogen and oxygen atoms in total. The molecule has 0 aromatic rings. The fourth-order valence-corrected chi connectivity index (χ4v) is 1.53. The van der Waals surface area contributed by atoms with Crippen molar-refractivity contribution in [3.8, 4) is 0 Å². The van der Waals surface area contributed by atoms with Crippen molar-refractivity contribution < 1.29 is 24.4 Å². The maximum absolute atomic E-state index is 9.52. The fraction of sp³-hybridized carbons (Fsp3) is 1.00. The molecule has 13 heavy (non-hydrogen) atoms. The van der Waals surface area contributed by atoms with E-state index in [9.17, 15) is 10.2 Å². The molecular formula is C8H16O5. The van der Waals surface area contributed by atoms with E-state index in [4.69, 9.17) is 14.2 Å². The Morgan fingerprint density at radius 2 is 2.08 bits per heavy atom. The van der Waals surface area contributed by atoms with Gasteiger partial charge in [0.05, 0.1) is 12.7 Å². The predicted molar refractivity (Wildman–Crippen MR) is 44.2 cm³/mol. The molecule has 0 aromatic heterocycles. The molecular weight excluding hydrogens is 176 g/mol.